The van der Waals surface area contributed by atoms with Crippen molar-refractivity contribution in [3.8, 4) is 5.75 Å². The van der Waals surface area contributed by atoms with Crippen molar-refractivity contribution in [1.82, 2.24) is 10.2 Å². The number of nitrogens with zero attached hydrogens (tertiary/aromatic N) is 1. The van der Waals surface area contributed by atoms with Crippen LogP contribution < -0.4 is 10.1 Å². The van der Waals surface area contributed by atoms with E-state index in [4.69, 9.17) is 16.3 Å². The predicted molar refractivity (Wildman–Crippen MR) is 136 cm³/mol. The molecule has 7 heteroatoms. The summed E-state index contributed by atoms with van der Waals surface area (Å²) >= 11 is 7.70. The van der Waals surface area contributed by atoms with Crippen LogP contribution in [0.4, 0.5) is 0 Å². The number of halogens is 1. The van der Waals surface area contributed by atoms with Gasteiger partial charge >= 0.3 is 0 Å². The number of benzene rings is 2. The van der Waals surface area contributed by atoms with E-state index in [-0.39, 0.29) is 17.9 Å². The van der Waals surface area contributed by atoms with Crippen molar-refractivity contribution in [2.75, 3.05) is 12.9 Å². The molecular weight excluding hydrogens is 456 g/mol. The molecule has 2 aromatic rings. The zero-order valence-corrected chi connectivity index (χ0v) is 21.0. The number of nitrogens with one attached hydrogen (secondary N) is 1. The van der Waals surface area contributed by atoms with E-state index in [0.29, 0.717) is 23.1 Å². The van der Waals surface area contributed by atoms with Gasteiger partial charge in [-0.2, -0.15) is 0 Å². The number of rotatable bonds is 10. The maximum absolute atomic E-state index is 13.2. The molecule has 1 aliphatic carbocycles. The number of ether oxygens (including phenoxy) is 1. The summed E-state index contributed by atoms with van der Waals surface area (Å²) in [6, 6.07) is 14.9. The molecule has 2 aromatic carbocycles. The molecule has 1 fully saturated rings. The fourth-order valence-corrected chi connectivity index (χ4v) is 5.13. The van der Waals surface area contributed by atoms with Crippen LogP contribution in [0.25, 0.3) is 0 Å². The molecule has 0 spiro atoms. The third-order valence-electron chi connectivity index (χ3n) is 6.01. The van der Waals surface area contributed by atoms with Crippen molar-refractivity contribution in [1.29, 1.82) is 0 Å². The largest absolute Gasteiger partial charge is 0.497 e. The minimum Gasteiger partial charge on any atom is -0.497 e. The van der Waals surface area contributed by atoms with Gasteiger partial charge in [0.1, 0.15) is 11.8 Å². The highest BCUT2D eigenvalue weighted by atomic mass is 35.5. The summed E-state index contributed by atoms with van der Waals surface area (Å²) in [6.45, 7) is 2.16. The first-order chi connectivity index (χ1) is 16.0. The van der Waals surface area contributed by atoms with Gasteiger partial charge < -0.3 is 15.0 Å². The second-order valence-corrected chi connectivity index (χ2v) is 9.93. The normalized spacial score (nSPS) is 15.0. The Morgan fingerprint density at radius 1 is 1.12 bits per heavy atom. The van der Waals surface area contributed by atoms with Gasteiger partial charge in [0.2, 0.25) is 11.8 Å². The van der Waals surface area contributed by atoms with Crippen LogP contribution in [0.5, 0.6) is 5.75 Å². The maximum Gasteiger partial charge on any atom is 0.242 e. The van der Waals surface area contributed by atoms with Crippen LogP contribution in [0, 0.1) is 0 Å². The number of methoxy groups -OCH3 is 1. The van der Waals surface area contributed by atoms with Crippen LogP contribution in [0.3, 0.4) is 0 Å². The number of amides is 2. The van der Waals surface area contributed by atoms with Gasteiger partial charge in [-0.25, -0.2) is 0 Å². The molecule has 0 aromatic heterocycles. The van der Waals surface area contributed by atoms with Crippen LogP contribution in [-0.2, 0) is 21.9 Å². The molecule has 0 aliphatic heterocycles. The lowest BCUT2D eigenvalue weighted by atomic mass is 9.95. The molecule has 0 saturated heterocycles. The van der Waals surface area contributed by atoms with E-state index in [1.807, 2.05) is 49.4 Å². The topological polar surface area (TPSA) is 58.6 Å². The molecule has 5 nitrogen and oxygen atoms in total. The Hall–Kier alpha value is -2.18. The predicted octanol–water partition coefficient (Wildman–Crippen LogP) is 5.45. The van der Waals surface area contributed by atoms with E-state index in [1.54, 1.807) is 29.8 Å². The van der Waals surface area contributed by atoms with Gasteiger partial charge in [0, 0.05) is 23.4 Å². The average molecular weight is 489 g/mol. The molecule has 1 aliphatic rings. The number of hydrogen-bond donors (Lipinski definition) is 1. The second-order valence-electron chi connectivity index (χ2n) is 8.51. The summed E-state index contributed by atoms with van der Waals surface area (Å²) in [5, 5.41) is 3.78. The molecule has 0 heterocycles. The third kappa shape index (κ3) is 7.97. The lowest BCUT2D eigenvalue weighted by molar-refractivity contribution is -0.139. The van der Waals surface area contributed by atoms with Crippen molar-refractivity contribution in [2.24, 2.45) is 0 Å². The minimum absolute atomic E-state index is 0.0558. The van der Waals surface area contributed by atoms with Crippen molar-refractivity contribution >= 4 is 35.2 Å². The van der Waals surface area contributed by atoms with Crippen molar-refractivity contribution in [3.63, 3.8) is 0 Å². The van der Waals surface area contributed by atoms with Crippen molar-refractivity contribution in [3.05, 3.63) is 64.7 Å². The Morgan fingerprint density at radius 3 is 2.52 bits per heavy atom. The van der Waals surface area contributed by atoms with Crippen LogP contribution in [-0.4, -0.2) is 41.7 Å². The Labute approximate surface area is 206 Å². The number of carbonyl (C=O) groups excluding carboxylic acids is 2. The second kappa shape index (κ2) is 12.9. The quantitative estimate of drug-likeness (QED) is 0.483. The molecule has 0 radical (unpaired) electrons. The summed E-state index contributed by atoms with van der Waals surface area (Å²) in [7, 11) is 1.64. The van der Waals surface area contributed by atoms with E-state index in [2.05, 4.69) is 5.32 Å². The Balaban J connectivity index is 1.63. The molecule has 1 saturated carbocycles. The van der Waals surface area contributed by atoms with Crippen molar-refractivity contribution in [2.45, 2.75) is 63.4 Å². The first kappa shape index (κ1) is 25.4. The molecule has 1 N–H and O–H groups in total. The molecule has 1 unspecified atom stereocenters. The highest BCUT2D eigenvalue weighted by Gasteiger charge is 2.28. The molecule has 2 amide bonds. The number of carbonyl (C=O) groups is 2. The zero-order valence-electron chi connectivity index (χ0n) is 19.4. The first-order valence-electron chi connectivity index (χ1n) is 11.5. The molecule has 0 bridgehead atoms. The molecule has 33 heavy (non-hydrogen) atoms. The lowest BCUT2D eigenvalue weighted by Crippen LogP contribution is -2.50. The standard InChI is InChI=1S/C26H33ClN2O3S/c1-19(26(31)28-23-9-4-3-5-10-23)29(16-21-7-6-8-22(27)15-21)25(30)18-33-17-20-11-13-24(32-2)14-12-20/h6-8,11-15,19,23H,3-5,9-10,16-18H2,1-2H3,(H,28,31). The maximum atomic E-state index is 13.2. The molecular formula is C26H33ClN2O3S. The molecule has 1 atom stereocenters. The summed E-state index contributed by atoms with van der Waals surface area (Å²) in [5.74, 6) is 1.68. The van der Waals surface area contributed by atoms with Gasteiger partial charge in [-0.15, -0.1) is 11.8 Å². The summed E-state index contributed by atoms with van der Waals surface area (Å²) in [5.41, 5.74) is 2.03. The fourth-order valence-electron chi connectivity index (χ4n) is 4.04. The number of thioether (sulfide) groups is 1. The first-order valence-corrected chi connectivity index (χ1v) is 13.0. The van der Waals surface area contributed by atoms with Gasteiger partial charge in [-0.1, -0.05) is 55.1 Å². The fraction of sp³-hybridized carbons (Fsp3) is 0.462. The van der Waals surface area contributed by atoms with E-state index < -0.39 is 6.04 Å². The number of hydrogen-bond acceptors (Lipinski definition) is 4. The SMILES string of the molecule is COc1ccc(CSCC(=O)N(Cc2cccc(Cl)c2)C(C)C(=O)NC2CCCCC2)cc1. The van der Waals surface area contributed by atoms with Crippen molar-refractivity contribution < 1.29 is 14.3 Å². The Bertz CT molecular complexity index is 916. The van der Waals surface area contributed by atoms with E-state index in [0.717, 1.165) is 42.6 Å². The van der Waals surface area contributed by atoms with Crippen LogP contribution in [0.2, 0.25) is 5.02 Å². The van der Waals surface area contributed by atoms with E-state index >= 15 is 0 Å². The lowest BCUT2D eigenvalue weighted by Gasteiger charge is -2.31. The zero-order chi connectivity index (χ0) is 23.6. The Kier molecular flexibility index (Phi) is 9.95. The molecule has 3 rings (SSSR count). The van der Waals surface area contributed by atoms with Gasteiger partial charge in [-0.05, 0) is 55.2 Å². The average Bonchev–Trinajstić information content (AvgIpc) is 2.83. The Morgan fingerprint density at radius 2 is 1.85 bits per heavy atom. The van der Waals surface area contributed by atoms with Gasteiger partial charge in [-0.3, -0.25) is 9.59 Å². The summed E-state index contributed by atoms with van der Waals surface area (Å²) in [6.07, 6.45) is 5.54. The summed E-state index contributed by atoms with van der Waals surface area (Å²) < 4.78 is 5.20. The molecule has 178 valence electrons. The highest BCUT2D eigenvalue weighted by Crippen LogP contribution is 2.21. The highest BCUT2D eigenvalue weighted by molar-refractivity contribution is 7.99. The minimum atomic E-state index is -0.556. The van der Waals surface area contributed by atoms with Gasteiger partial charge in [0.05, 0.1) is 12.9 Å². The van der Waals surface area contributed by atoms with Gasteiger partial charge in [0.25, 0.3) is 0 Å². The summed E-state index contributed by atoms with van der Waals surface area (Å²) in [4.78, 5) is 27.9. The van der Waals surface area contributed by atoms with E-state index in [9.17, 15) is 9.59 Å². The van der Waals surface area contributed by atoms with Crippen LogP contribution in [0.1, 0.15) is 50.2 Å². The third-order valence-corrected chi connectivity index (χ3v) is 7.24. The van der Waals surface area contributed by atoms with Crippen LogP contribution >= 0.6 is 23.4 Å². The van der Waals surface area contributed by atoms with Crippen LogP contribution in [0.15, 0.2) is 48.5 Å². The monoisotopic (exact) mass is 488 g/mol. The van der Waals surface area contributed by atoms with Gasteiger partial charge in [0.15, 0.2) is 0 Å². The smallest absolute Gasteiger partial charge is 0.242 e. The van der Waals surface area contributed by atoms with E-state index in [1.165, 1.54) is 6.42 Å².